The van der Waals surface area contributed by atoms with Gasteiger partial charge in [-0.25, -0.2) is 14.8 Å². The Bertz CT molecular complexity index is 1440. The maximum Gasteiger partial charge on any atom is 0.412 e. The molecule has 2 heterocycles. The highest BCUT2D eigenvalue weighted by atomic mass is 16.6. The van der Waals surface area contributed by atoms with Crippen molar-refractivity contribution in [3.8, 4) is 11.4 Å². The van der Waals surface area contributed by atoms with E-state index in [1.165, 1.54) is 10.8 Å². The van der Waals surface area contributed by atoms with Crippen LogP contribution in [0.3, 0.4) is 0 Å². The number of ether oxygens (including phenoxy) is 2. The van der Waals surface area contributed by atoms with E-state index in [0.29, 0.717) is 28.5 Å². The fourth-order valence-corrected chi connectivity index (χ4v) is 3.36. The van der Waals surface area contributed by atoms with Crippen molar-refractivity contribution in [1.29, 1.82) is 0 Å². The molecule has 0 spiro atoms. The van der Waals surface area contributed by atoms with Gasteiger partial charge in [0.15, 0.2) is 5.65 Å². The highest BCUT2D eigenvalue weighted by Crippen LogP contribution is 2.24. The molecule has 2 aromatic carbocycles. The second-order valence-electron chi connectivity index (χ2n) is 8.81. The Balaban J connectivity index is 1.65. The van der Waals surface area contributed by atoms with Gasteiger partial charge in [0.2, 0.25) is 5.95 Å². The highest BCUT2D eigenvalue weighted by Gasteiger charge is 2.16. The third-order valence-electron chi connectivity index (χ3n) is 4.95. The molecule has 2 aromatic heterocycles. The SMILES string of the molecule is COc1ccc(Nc2ncc3ncc(=O)n(-c4ccc(NC(=O)OC(C)(C)C)cc4)c3n2)c(C)c1. The third kappa shape index (κ3) is 5.55. The van der Waals surface area contributed by atoms with Gasteiger partial charge in [0.1, 0.15) is 16.9 Å². The second-order valence-corrected chi connectivity index (χ2v) is 8.81. The standard InChI is InChI=1S/C25H26N6O4/c1-15-12-18(34-5)10-11-19(15)29-23-27-13-20-22(30-23)31(21(32)14-26-20)17-8-6-16(7-9-17)28-24(33)35-25(2,3)4/h6-14H,1-5H3,(H,28,33)(H,27,29,30). The Labute approximate surface area is 202 Å². The summed E-state index contributed by atoms with van der Waals surface area (Å²) in [6, 6.07) is 12.4. The first-order valence-corrected chi connectivity index (χ1v) is 10.9. The normalized spacial score (nSPS) is 11.2. The van der Waals surface area contributed by atoms with Crippen molar-refractivity contribution in [2.75, 3.05) is 17.7 Å². The molecular formula is C25H26N6O4. The Morgan fingerprint density at radius 3 is 2.43 bits per heavy atom. The van der Waals surface area contributed by atoms with E-state index in [2.05, 4.69) is 25.6 Å². The molecule has 0 unspecified atom stereocenters. The predicted molar refractivity (Wildman–Crippen MR) is 134 cm³/mol. The topological polar surface area (TPSA) is 120 Å². The zero-order chi connectivity index (χ0) is 25.2. The maximum atomic E-state index is 12.8. The van der Waals surface area contributed by atoms with Gasteiger partial charge < -0.3 is 14.8 Å². The first-order valence-electron chi connectivity index (χ1n) is 10.9. The Kier molecular flexibility index (Phi) is 6.37. The van der Waals surface area contributed by atoms with Gasteiger partial charge in [-0.3, -0.25) is 14.7 Å². The molecule has 0 aliphatic heterocycles. The van der Waals surface area contributed by atoms with Crippen LogP contribution in [0.25, 0.3) is 16.9 Å². The number of hydrogen-bond acceptors (Lipinski definition) is 8. The Morgan fingerprint density at radius 1 is 1.03 bits per heavy atom. The molecule has 180 valence electrons. The molecule has 0 saturated carbocycles. The Morgan fingerprint density at radius 2 is 1.77 bits per heavy atom. The number of aromatic nitrogens is 4. The van der Waals surface area contributed by atoms with E-state index in [4.69, 9.17) is 9.47 Å². The van der Waals surface area contributed by atoms with Gasteiger partial charge in [0.05, 0.1) is 25.2 Å². The summed E-state index contributed by atoms with van der Waals surface area (Å²) >= 11 is 0. The minimum Gasteiger partial charge on any atom is -0.497 e. The van der Waals surface area contributed by atoms with Crippen LogP contribution in [0, 0.1) is 6.92 Å². The van der Waals surface area contributed by atoms with E-state index in [0.717, 1.165) is 17.0 Å². The average molecular weight is 475 g/mol. The third-order valence-corrected chi connectivity index (χ3v) is 4.95. The van der Waals surface area contributed by atoms with Crippen molar-refractivity contribution in [3.63, 3.8) is 0 Å². The summed E-state index contributed by atoms with van der Waals surface area (Å²) in [5, 5.41) is 5.85. The van der Waals surface area contributed by atoms with E-state index in [-0.39, 0.29) is 5.56 Å². The second kappa shape index (κ2) is 9.41. The first-order chi connectivity index (χ1) is 16.6. The van der Waals surface area contributed by atoms with Gasteiger partial charge in [-0.1, -0.05) is 0 Å². The number of rotatable bonds is 5. The lowest BCUT2D eigenvalue weighted by Gasteiger charge is -2.19. The molecule has 35 heavy (non-hydrogen) atoms. The average Bonchev–Trinajstić information content (AvgIpc) is 2.80. The summed E-state index contributed by atoms with van der Waals surface area (Å²) in [4.78, 5) is 37.9. The number of nitrogens with one attached hydrogen (secondary N) is 2. The van der Waals surface area contributed by atoms with Gasteiger partial charge >= 0.3 is 6.09 Å². The predicted octanol–water partition coefficient (Wildman–Crippen LogP) is 4.58. The van der Waals surface area contributed by atoms with Crippen molar-refractivity contribution < 1.29 is 14.3 Å². The largest absolute Gasteiger partial charge is 0.497 e. The van der Waals surface area contributed by atoms with Crippen LogP contribution < -0.4 is 20.9 Å². The lowest BCUT2D eigenvalue weighted by atomic mass is 10.2. The molecule has 0 saturated heterocycles. The van der Waals surface area contributed by atoms with Crippen LogP contribution in [0.5, 0.6) is 5.75 Å². The minimum absolute atomic E-state index is 0.315. The monoisotopic (exact) mass is 474 g/mol. The highest BCUT2D eigenvalue weighted by molar-refractivity contribution is 5.85. The maximum absolute atomic E-state index is 12.8. The van der Waals surface area contributed by atoms with E-state index < -0.39 is 11.7 Å². The number of hydrogen-bond donors (Lipinski definition) is 2. The smallest absolute Gasteiger partial charge is 0.412 e. The number of anilines is 3. The number of carbonyl (C=O) groups is 1. The molecule has 2 N–H and O–H groups in total. The summed E-state index contributed by atoms with van der Waals surface area (Å²) in [6.07, 6.45) is 2.21. The Hall–Kier alpha value is -4.47. The molecule has 0 fully saturated rings. The zero-order valence-corrected chi connectivity index (χ0v) is 20.1. The molecule has 0 bridgehead atoms. The number of nitrogens with zero attached hydrogens (tertiary/aromatic N) is 4. The van der Waals surface area contributed by atoms with Gasteiger partial charge in [0.25, 0.3) is 5.56 Å². The lowest BCUT2D eigenvalue weighted by Crippen LogP contribution is -2.27. The summed E-state index contributed by atoms with van der Waals surface area (Å²) in [5.41, 5.74) is 2.68. The zero-order valence-electron chi connectivity index (χ0n) is 20.1. The molecule has 10 nitrogen and oxygen atoms in total. The van der Waals surface area contributed by atoms with Crippen LogP contribution in [-0.4, -0.2) is 38.3 Å². The summed E-state index contributed by atoms with van der Waals surface area (Å²) in [5.74, 6) is 1.06. The number of carbonyl (C=O) groups excluding carboxylic acids is 1. The number of benzene rings is 2. The number of aryl methyl sites for hydroxylation is 1. The number of amides is 1. The van der Waals surface area contributed by atoms with E-state index in [1.807, 2.05) is 25.1 Å². The van der Waals surface area contributed by atoms with Gasteiger partial charge in [-0.05, 0) is 75.7 Å². The first kappa shape index (κ1) is 23.7. The lowest BCUT2D eigenvalue weighted by molar-refractivity contribution is 0.0636. The van der Waals surface area contributed by atoms with E-state index in [1.54, 1.807) is 58.3 Å². The molecule has 4 rings (SSSR count). The van der Waals surface area contributed by atoms with Crippen molar-refractivity contribution in [2.45, 2.75) is 33.3 Å². The molecular weight excluding hydrogens is 448 g/mol. The van der Waals surface area contributed by atoms with E-state index >= 15 is 0 Å². The molecule has 1 amide bonds. The van der Waals surface area contributed by atoms with Crippen LogP contribution in [0.1, 0.15) is 26.3 Å². The van der Waals surface area contributed by atoms with Crippen molar-refractivity contribution in [1.82, 2.24) is 19.5 Å². The van der Waals surface area contributed by atoms with Gasteiger partial charge in [0, 0.05) is 11.4 Å². The molecule has 4 aromatic rings. The number of methoxy groups -OCH3 is 1. The summed E-state index contributed by atoms with van der Waals surface area (Å²) < 4.78 is 12.0. The molecule has 0 aliphatic rings. The molecule has 0 aliphatic carbocycles. The fourth-order valence-electron chi connectivity index (χ4n) is 3.36. The van der Waals surface area contributed by atoms with Gasteiger partial charge in [-0.2, -0.15) is 4.98 Å². The summed E-state index contributed by atoms with van der Waals surface area (Å²) in [7, 11) is 1.61. The molecule has 10 heteroatoms. The number of fused-ring (bicyclic) bond motifs is 1. The van der Waals surface area contributed by atoms with Gasteiger partial charge in [-0.15, -0.1) is 0 Å². The van der Waals surface area contributed by atoms with Crippen LogP contribution in [0.2, 0.25) is 0 Å². The quantitative estimate of drug-likeness (QED) is 0.431. The molecule has 0 atom stereocenters. The fraction of sp³-hybridized carbons (Fsp3) is 0.240. The summed E-state index contributed by atoms with van der Waals surface area (Å²) in [6.45, 7) is 7.31. The van der Waals surface area contributed by atoms with Crippen molar-refractivity contribution >= 4 is 34.6 Å². The van der Waals surface area contributed by atoms with Crippen LogP contribution in [0.4, 0.5) is 22.1 Å². The molecule has 0 radical (unpaired) electrons. The minimum atomic E-state index is -0.608. The van der Waals surface area contributed by atoms with Crippen LogP contribution in [-0.2, 0) is 4.74 Å². The van der Waals surface area contributed by atoms with E-state index in [9.17, 15) is 9.59 Å². The van der Waals surface area contributed by atoms with Crippen molar-refractivity contribution in [2.24, 2.45) is 0 Å². The van der Waals surface area contributed by atoms with Crippen LogP contribution >= 0.6 is 0 Å². The van der Waals surface area contributed by atoms with Crippen molar-refractivity contribution in [3.05, 3.63) is 70.8 Å². The van der Waals surface area contributed by atoms with Crippen LogP contribution in [0.15, 0.2) is 59.7 Å².